The van der Waals surface area contributed by atoms with Gasteiger partial charge in [0.2, 0.25) is 5.78 Å². The van der Waals surface area contributed by atoms with Gasteiger partial charge in [-0.1, -0.05) is 79.3 Å². The second-order valence-corrected chi connectivity index (χ2v) is 9.11. The third-order valence-corrected chi connectivity index (χ3v) is 7.11. The quantitative estimate of drug-likeness (QED) is 0.346. The van der Waals surface area contributed by atoms with Crippen LogP contribution in [0, 0.1) is 0 Å². The molecule has 2 aromatic carbocycles. The highest BCUT2D eigenvalue weighted by Gasteiger charge is 2.19. The van der Waals surface area contributed by atoms with Gasteiger partial charge in [-0.25, -0.2) is 0 Å². The normalized spacial score (nSPS) is 12.6. The Bertz CT molecular complexity index is 1360. The number of thiophene rings is 1. The first-order valence-corrected chi connectivity index (χ1v) is 11.7. The number of thioether (sulfide) groups is 1. The van der Waals surface area contributed by atoms with E-state index >= 15 is 0 Å². The smallest absolute Gasteiger partial charge is 0.272 e. The lowest BCUT2D eigenvalue weighted by molar-refractivity contribution is 0.588. The summed E-state index contributed by atoms with van der Waals surface area (Å²) < 4.78 is 4.54. The zero-order valence-electron chi connectivity index (χ0n) is 16.4. The van der Waals surface area contributed by atoms with Gasteiger partial charge in [0.05, 0.1) is 5.52 Å². The Morgan fingerprint density at radius 3 is 2.50 bits per heavy atom. The van der Waals surface area contributed by atoms with Crippen LogP contribution < -0.4 is 5.56 Å². The highest BCUT2D eigenvalue weighted by molar-refractivity contribution is 7.98. The van der Waals surface area contributed by atoms with E-state index in [1.54, 1.807) is 16.3 Å². The van der Waals surface area contributed by atoms with Crippen LogP contribution in [-0.4, -0.2) is 19.2 Å². The van der Waals surface area contributed by atoms with Gasteiger partial charge in [-0.2, -0.15) is 0 Å². The van der Waals surface area contributed by atoms with Gasteiger partial charge in [0.25, 0.3) is 5.56 Å². The van der Waals surface area contributed by atoms with Crippen molar-refractivity contribution in [2.24, 2.45) is 0 Å². The Morgan fingerprint density at radius 2 is 1.73 bits per heavy atom. The summed E-state index contributed by atoms with van der Waals surface area (Å²) in [6, 6.07) is 22.6. The van der Waals surface area contributed by atoms with Crippen LogP contribution in [0.3, 0.4) is 0 Å². The Hall–Kier alpha value is -2.90. The van der Waals surface area contributed by atoms with Crippen molar-refractivity contribution in [3.8, 4) is 0 Å². The van der Waals surface area contributed by atoms with Gasteiger partial charge >= 0.3 is 0 Å². The molecule has 5 aromatic rings. The molecule has 30 heavy (non-hydrogen) atoms. The lowest BCUT2D eigenvalue weighted by Gasteiger charge is -2.15. The van der Waals surface area contributed by atoms with E-state index in [9.17, 15) is 4.79 Å². The molecular weight excluding hydrogens is 412 g/mol. The van der Waals surface area contributed by atoms with Crippen molar-refractivity contribution in [3.05, 3.63) is 93.6 Å². The Balaban J connectivity index is 1.58. The van der Waals surface area contributed by atoms with E-state index in [1.165, 1.54) is 22.5 Å². The van der Waals surface area contributed by atoms with Crippen LogP contribution in [0.4, 0.5) is 0 Å². The predicted octanol–water partition coefficient (Wildman–Crippen LogP) is 5.20. The fraction of sp³-hybridized carbons (Fsp3) is 0.174. The molecule has 0 fully saturated rings. The lowest BCUT2D eigenvalue weighted by Crippen LogP contribution is -2.24. The second kappa shape index (κ2) is 8.08. The van der Waals surface area contributed by atoms with Crippen molar-refractivity contribution >= 4 is 39.1 Å². The van der Waals surface area contributed by atoms with Gasteiger partial charge < -0.3 is 0 Å². The minimum absolute atomic E-state index is 0.00212. The van der Waals surface area contributed by atoms with Crippen LogP contribution in [0.2, 0.25) is 0 Å². The van der Waals surface area contributed by atoms with Crippen molar-refractivity contribution in [1.82, 2.24) is 19.2 Å². The average molecular weight is 433 g/mol. The van der Waals surface area contributed by atoms with E-state index in [0.717, 1.165) is 21.1 Å². The summed E-state index contributed by atoms with van der Waals surface area (Å²) in [5.41, 5.74) is 3.31. The summed E-state index contributed by atoms with van der Waals surface area (Å²) in [5, 5.41) is 11.6. The summed E-state index contributed by atoms with van der Waals surface area (Å²) in [4.78, 5) is 13.2. The molecule has 5 rings (SSSR count). The van der Waals surface area contributed by atoms with Crippen molar-refractivity contribution in [2.75, 3.05) is 0 Å². The number of aromatic nitrogens is 4. The zero-order chi connectivity index (χ0) is 20.5. The minimum atomic E-state index is 0.00212. The molecule has 0 saturated carbocycles. The number of hydrogen-bond donors (Lipinski definition) is 0. The molecule has 0 amide bonds. The van der Waals surface area contributed by atoms with E-state index in [1.807, 2.05) is 52.2 Å². The summed E-state index contributed by atoms with van der Waals surface area (Å²) >= 11 is 3.11. The monoisotopic (exact) mass is 432 g/mol. The van der Waals surface area contributed by atoms with Gasteiger partial charge in [-0.05, 0) is 28.5 Å². The second-order valence-electron chi connectivity index (χ2n) is 7.25. The lowest BCUT2D eigenvalue weighted by atomic mass is 10.0. The Morgan fingerprint density at radius 1 is 1.00 bits per heavy atom. The molecule has 0 spiro atoms. The van der Waals surface area contributed by atoms with Crippen LogP contribution >= 0.6 is 23.1 Å². The fourth-order valence-electron chi connectivity index (χ4n) is 3.64. The largest absolute Gasteiger partial charge is 0.275 e. The molecule has 5 nitrogen and oxygen atoms in total. The first kappa shape index (κ1) is 19.1. The molecule has 0 aliphatic carbocycles. The number of rotatable bonds is 6. The maximum atomic E-state index is 13.2. The van der Waals surface area contributed by atoms with Crippen LogP contribution in [-0.2, 0) is 12.3 Å². The number of hydrogen-bond acceptors (Lipinski definition) is 5. The topological polar surface area (TPSA) is 52.2 Å². The van der Waals surface area contributed by atoms with Crippen molar-refractivity contribution in [1.29, 1.82) is 0 Å². The average Bonchev–Trinajstić information content (AvgIpc) is 3.43. The first-order valence-electron chi connectivity index (χ1n) is 9.79. The first-order chi connectivity index (χ1) is 14.7. The summed E-state index contributed by atoms with van der Waals surface area (Å²) in [7, 11) is 0. The SMILES string of the molecule is C[C@H](Cn1c(=O)c2sccc2n2c(SCc3ccccc3)nnc12)c1ccccc1. The number of benzene rings is 2. The molecule has 0 aliphatic rings. The molecular formula is C23H20N4OS2. The fourth-order valence-corrected chi connectivity index (χ4v) is 5.36. The standard InChI is InChI=1S/C23H20N4OS2/c1-16(18-10-6-3-7-11-18)14-26-21(28)20-19(12-13-29-20)27-22(26)24-25-23(27)30-15-17-8-4-2-5-9-17/h2-13,16H,14-15H2,1H3/t16-/m1/s1. The van der Waals surface area contributed by atoms with Crippen LogP contribution in [0.1, 0.15) is 24.0 Å². The van der Waals surface area contributed by atoms with Crippen LogP contribution in [0.25, 0.3) is 16.0 Å². The Labute approximate surface area is 182 Å². The van der Waals surface area contributed by atoms with Crippen molar-refractivity contribution < 1.29 is 0 Å². The Kier molecular flexibility index (Phi) is 5.14. The maximum absolute atomic E-state index is 13.2. The highest BCUT2D eigenvalue weighted by Crippen LogP contribution is 2.27. The number of nitrogens with zero attached hydrogens (tertiary/aromatic N) is 4. The third-order valence-electron chi connectivity index (χ3n) is 5.22. The molecule has 3 heterocycles. The van der Waals surface area contributed by atoms with Crippen molar-refractivity contribution in [3.63, 3.8) is 0 Å². The molecule has 0 radical (unpaired) electrons. The molecule has 0 N–H and O–H groups in total. The third kappa shape index (κ3) is 3.44. The van der Waals surface area contributed by atoms with Crippen molar-refractivity contribution in [2.45, 2.75) is 30.3 Å². The van der Waals surface area contributed by atoms with E-state index in [-0.39, 0.29) is 11.5 Å². The predicted molar refractivity (Wildman–Crippen MR) is 123 cm³/mol. The molecule has 0 bridgehead atoms. The van der Waals surface area contributed by atoms with Crippen LogP contribution in [0.15, 0.2) is 82.1 Å². The van der Waals surface area contributed by atoms with E-state index in [4.69, 9.17) is 0 Å². The molecule has 3 aromatic heterocycles. The maximum Gasteiger partial charge on any atom is 0.272 e. The van der Waals surface area contributed by atoms with E-state index in [2.05, 4.69) is 41.4 Å². The molecule has 0 unspecified atom stereocenters. The molecule has 1 atom stereocenters. The van der Waals surface area contributed by atoms with E-state index < -0.39 is 0 Å². The van der Waals surface area contributed by atoms with Gasteiger partial charge in [0, 0.05) is 12.3 Å². The highest BCUT2D eigenvalue weighted by atomic mass is 32.2. The van der Waals surface area contributed by atoms with Gasteiger partial charge in [-0.3, -0.25) is 13.8 Å². The summed E-state index contributed by atoms with van der Waals surface area (Å²) in [6.07, 6.45) is 0. The summed E-state index contributed by atoms with van der Waals surface area (Å²) in [6.45, 7) is 2.69. The number of fused-ring (bicyclic) bond motifs is 3. The molecule has 0 saturated heterocycles. The van der Waals surface area contributed by atoms with E-state index in [0.29, 0.717) is 12.3 Å². The van der Waals surface area contributed by atoms with Gasteiger partial charge in [-0.15, -0.1) is 21.5 Å². The zero-order valence-corrected chi connectivity index (χ0v) is 18.1. The summed E-state index contributed by atoms with van der Waals surface area (Å²) in [5.74, 6) is 1.58. The minimum Gasteiger partial charge on any atom is -0.275 e. The molecule has 150 valence electrons. The molecule has 7 heteroatoms. The van der Waals surface area contributed by atoms with Crippen LogP contribution in [0.5, 0.6) is 0 Å². The van der Waals surface area contributed by atoms with Gasteiger partial charge in [0.15, 0.2) is 5.16 Å². The van der Waals surface area contributed by atoms with Gasteiger partial charge in [0.1, 0.15) is 4.70 Å². The molecule has 0 aliphatic heterocycles.